The summed E-state index contributed by atoms with van der Waals surface area (Å²) in [6, 6.07) is 3.84. The quantitative estimate of drug-likeness (QED) is 0.530. The van der Waals surface area contributed by atoms with E-state index in [0.29, 0.717) is 5.75 Å². The summed E-state index contributed by atoms with van der Waals surface area (Å²) < 4.78 is 0. The molecule has 0 heterocycles. The van der Waals surface area contributed by atoms with Crippen LogP contribution in [0, 0.1) is 0 Å². The summed E-state index contributed by atoms with van der Waals surface area (Å²) in [4.78, 5) is 0.787. The number of aryl methyl sites for hydroxylation is 1. The molecule has 0 saturated heterocycles. The number of thiol groups is 1. The average Bonchev–Trinajstić information content (AvgIpc) is 2.33. The normalized spacial score (nSPS) is 10.8. The van der Waals surface area contributed by atoms with Gasteiger partial charge in [-0.15, -0.1) is 12.6 Å². The Bertz CT molecular complexity index is 347. The minimum absolute atomic E-state index is 0.320. The van der Waals surface area contributed by atoms with Crippen molar-refractivity contribution in [2.45, 2.75) is 63.7 Å². The van der Waals surface area contributed by atoms with Crippen molar-refractivity contribution in [2.75, 3.05) is 0 Å². The van der Waals surface area contributed by atoms with Crippen LogP contribution in [0.2, 0.25) is 0 Å². The number of hydrogen-bond acceptors (Lipinski definition) is 2. The van der Waals surface area contributed by atoms with E-state index in [4.69, 9.17) is 0 Å². The van der Waals surface area contributed by atoms with Crippen molar-refractivity contribution < 1.29 is 5.11 Å². The number of aromatic hydroxyl groups is 1. The van der Waals surface area contributed by atoms with Gasteiger partial charge < -0.3 is 5.11 Å². The number of hydrogen-bond donors (Lipinski definition) is 2. The van der Waals surface area contributed by atoms with Crippen LogP contribution in [0.4, 0.5) is 0 Å². The van der Waals surface area contributed by atoms with Crippen molar-refractivity contribution in [3.63, 3.8) is 0 Å². The van der Waals surface area contributed by atoms with E-state index in [1.807, 2.05) is 0 Å². The van der Waals surface area contributed by atoms with Gasteiger partial charge in [0, 0.05) is 4.90 Å². The van der Waals surface area contributed by atoms with Crippen molar-refractivity contribution >= 4 is 12.6 Å². The van der Waals surface area contributed by atoms with Gasteiger partial charge >= 0.3 is 0 Å². The molecule has 0 radical (unpaired) electrons. The zero-order valence-corrected chi connectivity index (χ0v) is 11.9. The highest BCUT2D eigenvalue weighted by Crippen LogP contribution is 2.30. The summed E-state index contributed by atoms with van der Waals surface area (Å²) in [6.07, 6.45) is 8.22. The molecule has 0 aliphatic rings. The first kappa shape index (κ1) is 14.4. The monoisotopic (exact) mass is 252 g/mol. The lowest BCUT2D eigenvalue weighted by Gasteiger charge is -2.13. The predicted octanol–water partition coefficient (Wildman–Crippen LogP) is 4.76. The Kier molecular flexibility index (Phi) is 6.49. The molecule has 1 N–H and O–H groups in total. The Morgan fingerprint density at radius 3 is 2.35 bits per heavy atom. The Hall–Kier alpha value is -0.630. The lowest BCUT2D eigenvalue weighted by atomic mass is 9.97. The fraction of sp³-hybridized carbons (Fsp3) is 0.600. The molecule has 0 unspecified atom stereocenters. The maximum absolute atomic E-state index is 9.73. The van der Waals surface area contributed by atoms with Gasteiger partial charge in [-0.3, -0.25) is 0 Å². The molecule has 1 nitrogen and oxygen atoms in total. The molecular formula is C15H24OS. The fourth-order valence-corrected chi connectivity index (χ4v) is 2.43. The van der Waals surface area contributed by atoms with Crippen LogP contribution in [-0.4, -0.2) is 5.11 Å². The van der Waals surface area contributed by atoms with Gasteiger partial charge in [0.1, 0.15) is 5.75 Å². The van der Waals surface area contributed by atoms with Crippen LogP contribution >= 0.6 is 12.6 Å². The van der Waals surface area contributed by atoms with E-state index in [1.165, 1.54) is 43.2 Å². The van der Waals surface area contributed by atoms with Crippen molar-refractivity contribution in [1.82, 2.24) is 0 Å². The van der Waals surface area contributed by atoms with E-state index in [0.717, 1.165) is 17.7 Å². The minimum atomic E-state index is 0.320. The molecule has 17 heavy (non-hydrogen) atoms. The second-order valence-electron chi connectivity index (χ2n) is 4.63. The number of unbranched alkanes of at least 4 members (excludes halogenated alkanes) is 3. The van der Waals surface area contributed by atoms with Crippen LogP contribution in [-0.2, 0) is 12.8 Å². The molecule has 0 spiro atoms. The Morgan fingerprint density at radius 2 is 1.71 bits per heavy atom. The summed E-state index contributed by atoms with van der Waals surface area (Å²) >= 11 is 4.46. The Balaban J connectivity index is 2.83. The zero-order chi connectivity index (χ0) is 12.7. The van der Waals surface area contributed by atoms with E-state index >= 15 is 0 Å². The van der Waals surface area contributed by atoms with Crippen LogP contribution in [0.1, 0.15) is 57.1 Å². The number of rotatable bonds is 7. The molecule has 0 fully saturated rings. The van der Waals surface area contributed by atoms with Crippen LogP contribution < -0.4 is 0 Å². The third kappa shape index (κ3) is 4.27. The zero-order valence-electron chi connectivity index (χ0n) is 11.0. The van der Waals surface area contributed by atoms with Crippen molar-refractivity contribution in [3.8, 4) is 5.75 Å². The summed E-state index contributed by atoms with van der Waals surface area (Å²) in [5.74, 6) is 0.320. The molecule has 0 aliphatic carbocycles. The van der Waals surface area contributed by atoms with Crippen molar-refractivity contribution in [2.24, 2.45) is 0 Å². The van der Waals surface area contributed by atoms with Crippen LogP contribution in [0.3, 0.4) is 0 Å². The SMILES string of the molecule is CCCCCc1c(CCCC)ccc(O)c1S. The second-order valence-corrected chi connectivity index (χ2v) is 5.08. The van der Waals surface area contributed by atoms with Gasteiger partial charge in [0.15, 0.2) is 0 Å². The Labute approximate surface area is 111 Å². The first-order valence-electron chi connectivity index (χ1n) is 6.73. The molecule has 0 amide bonds. The highest BCUT2D eigenvalue weighted by molar-refractivity contribution is 7.80. The lowest BCUT2D eigenvalue weighted by Crippen LogP contribution is -1.97. The van der Waals surface area contributed by atoms with E-state index in [-0.39, 0.29) is 0 Å². The lowest BCUT2D eigenvalue weighted by molar-refractivity contribution is 0.460. The minimum Gasteiger partial charge on any atom is -0.507 e. The Morgan fingerprint density at radius 1 is 1.00 bits per heavy atom. The summed E-state index contributed by atoms with van der Waals surface area (Å²) in [5, 5.41) is 9.73. The molecule has 2 heteroatoms. The molecule has 1 rings (SSSR count). The number of phenolic OH excluding ortho intramolecular Hbond substituents is 1. The third-order valence-corrected chi connectivity index (χ3v) is 3.69. The van der Waals surface area contributed by atoms with Gasteiger partial charge in [0.25, 0.3) is 0 Å². The highest BCUT2D eigenvalue weighted by Gasteiger charge is 2.09. The molecule has 1 aromatic carbocycles. The molecule has 0 atom stereocenters. The van der Waals surface area contributed by atoms with Gasteiger partial charge in [-0.05, 0) is 42.9 Å². The van der Waals surface area contributed by atoms with Crippen LogP contribution in [0.25, 0.3) is 0 Å². The topological polar surface area (TPSA) is 20.2 Å². The summed E-state index contributed by atoms with van der Waals surface area (Å²) in [5.41, 5.74) is 2.63. The second kappa shape index (κ2) is 7.65. The fourth-order valence-electron chi connectivity index (χ4n) is 2.10. The van der Waals surface area contributed by atoms with E-state index in [1.54, 1.807) is 6.07 Å². The standard InChI is InChI=1S/C15H24OS/c1-3-5-7-9-13-12(8-6-4-2)10-11-14(16)15(13)17/h10-11,16-17H,3-9H2,1-2H3. The maximum Gasteiger partial charge on any atom is 0.129 e. The maximum atomic E-state index is 9.73. The smallest absolute Gasteiger partial charge is 0.129 e. The number of benzene rings is 1. The number of phenols is 1. The van der Waals surface area contributed by atoms with Gasteiger partial charge in [-0.25, -0.2) is 0 Å². The van der Waals surface area contributed by atoms with E-state index < -0.39 is 0 Å². The van der Waals surface area contributed by atoms with Crippen LogP contribution in [0.5, 0.6) is 5.75 Å². The first-order chi connectivity index (χ1) is 8.20. The molecule has 1 aromatic rings. The summed E-state index contributed by atoms with van der Waals surface area (Å²) in [6.45, 7) is 4.42. The molecule has 0 bridgehead atoms. The first-order valence-corrected chi connectivity index (χ1v) is 7.18. The van der Waals surface area contributed by atoms with Gasteiger partial charge in [0.2, 0.25) is 0 Å². The molecule has 0 aliphatic heterocycles. The van der Waals surface area contributed by atoms with Crippen molar-refractivity contribution in [3.05, 3.63) is 23.3 Å². The van der Waals surface area contributed by atoms with E-state index in [9.17, 15) is 5.11 Å². The average molecular weight is 252 g/mol. The largest absolute Gasteiger partial charge is 0.507 e. The van der Waals surface area contributed by atoms with Gasteiger partial charge in [-0.2, -0.15) is 0 Å². The van der Waals surface area contributed by atoms with E-state index in [2.05, 4.69) is 32.5 Å². The highest BCUT2D eigenvalue weighted by atomic mass is 32.1. The van der Waals surface area contributed by atoms with Gasteiger partial charge in [0.05, 0.1) is 0 Å². The molecule has 96 valence electrons. The predicted molar refractivity (Wildman–Crippen MR) is 77.2 cm³/mol. The molecule has 0 aromatic heterocycles. The van der Waals surface area contributed by atoms with Gasteiger partial charge in [-0.1, -0.05) is 39.2 Å². The molecule has 0 saturated carbocycles. The van der Waals surface area contributed by atoms with Crippen molar-refractivity contribution in [1.29, 1.82) is 0 Å². The molecular weight excluding hydrogens is 228 g/mol. The van der Waals surface area contributed by atoms with Crippen LogP contribution in [0.15, 0.2) is 17.0 Å². The third-order valence-electron chi connectivity index (χ3n) is 3.19. The summed E-state index contributed by atoms with van der Waals surface area (Å²) in [7, 11) is 0.